The number of aromatic amines is 2. The lowest BCUT2D eigenvalue weighted by Crippen LogP contribution is -2.34. The first-order chi connectivity index (χ1) is 15.1. The van der Waals surface area contributed by atoms with Crippen molar-refractivity contribution in [3.8, 4) is 11.4 Å². The zero-order valence-electron chi connectivity index (χ0n) is 19.6. The molecule has 7 nitrogen and oxygen atoms in total. The smallest absolute Gasteiger partial charge is 0.228 e. The number of H-pyrrole nitrogens is 2. The molecule has 1 atom stereocenters. The number of fused-ring (bicyclic) bond motifs is 1. The van der Waals surface area contributed by atoms with E-state index in [9.17, 15) is 9.59 Å². The Kier molecular flexibility index (Phi) is 5.84. The van der Waals surface area contributed by atoms with Crippen LogP contribution in [0.2, 0.25) is 0 Å². The lowest BCUT2D eigenvalue weighted by Gasteiger charge is -2.19. The number of hydrogen-bond donors (Lipinski definition) is 3. The van der Waals surface area contributed by atoms with E-state index in [-0.39, 0.29) is 23.3 Å². The Morgan fingerprint density at radius 3 is 2.72 bits per heavy atom. The van der Waals surface area contributed by atoms with Gasteiger partial charge in [-0.25, -0.2) is 0 Å². The molecule has 0 saturated carbocycles. The number of rotatable bonds is 6. The second kappa shape index (κ2) is 8.45. The number of aryl methyl sites for hydroxylation is 1. The fraction of sp³-hybridized carbons (Fsp3) is 0.480. The largest absolute Gasteiger partial charge is 0.353 e. The second-order valence-corrected chi connectivity index (χ2v) is 10.2. The maximum atomic E-state index is 12.7. The molecule has 3 N–H and O–H groups in total. The lowest BCUT2D eigenvalue weighted by atomic mass is 9.88. The third kappa shape index (κ3) is 4.71. The summed E-state index contributed by atoms with van der Waals surface area (Å²) in [6, 6.07) is 8.04. The van der Waals surface area contributed by atoms with Gasteiger partial charge in [-0.2, -0.15) is 5.10 Å². The summed E-state index contributed by atoms with van der Waals surface area (Å²) in [5, 5.41) is 11.7. The van der Waals surface area contributed by atoms with E-state index in [1.807, 2.05) is 18.2 Å². The van der Waals surface area contributed by atoms with Gasteiger partial charge in [0.1, 0.15) is 5.69 Å². The summed E-state index contributed by atoms with van der Waals surface area (Å²) >= 11 is 0. The van der Waals surface area contributed by atoms with Crippen LogP contribution in [0.5, 0.6) is 0 Å². The van der Waals surface area contributed by atoms with E-state index in [1.54, 1.807) is 11.9 Å². The molecule has 0 spiro atoms. The van der Waals surface area contributed by atoms with Crippen LogP contribution in [0.25, 0.3) is 22.3 Å². The van der Waals surface area contributed by atoms with E-state index in [2.05, 4.69) is 54.3 Å². The minimum Gasteiger partial charge on any atom is -0.353 e. The van der Waals surface area contributed by atoms with Gasteiger partial charge in [0.05, 0.1) is 5.69 Å². The molecule has 0 bridgehead atoms. The highest BCUT2D eigenvalue weighted by Crippen LogP contribution is 2.31. The van der Waals surface area contributed by atoms with Crippen molar-refractivity contribution < 1.29 is 9.59 Å². The van der Waals surface area contributed by atoms with Crippen molar-refractivity contribution in [3.63, 3.8) is 0 Å². The van der Waals surface area contributed by atoms with Crippen LogP contribution in [-0.4, -0.2) is 40.1 Å². The fourth-order valence-electron chi connectivity index (χ4n) is 4.25. The highest BCUT2D eigenvalue weighted by atomic mass is 16.2. The molecule has 2 aromatic heterocycles. The summed E-state index contributed by atoms with van der Waals surface area (Å²) in [5.41, 5.74) is 6.35. The van der Waals surface area contributed by atoms with Gasteiger partial charge in [-0.15, -0.1) is 0 Å². The van der Waals surface area contributed by atoms with Crippen molar-refractivity contribution in [2.45, 2.75) is 65.8 Å². The summed E-state index contributed by atoms with van der Waals surface area (Å²) in [5.74, 6) is 0.0250. The molecule has 32 heavy (non-hydrogen) atoms. The van der Waals surface area contributed by atoms with Crippen LogP contribution in [0.3, 0.4) is 0 Å². The van der Waals surface area contributed by atoms with Gasteiger partial charge in [-0.1, -0.05) is 26.8 Å². The quantitative estimate of drug-likeness (QED) is 0.533. The minimum absolute atomic E-state index is 0.00396. The van der Waals surface area contributed by atoms with Gasteiger partial charge in [-0.05, 0) is 49.8 Å². The summed E-state index contributed by atoms with van der Waals surface area (Å²) in [6.45, 7) is 8.84. The van der Waals surface area contributed by atoms with Gasteiger partial charge in [-0.3, -0.25) is 14.7 Å². The predicted octanol–water partition coefficient (Wildman–Crippen LogP) is 4.48. The van der Waals surface area contributed by atoms with E-state index < -0.39 is 0 Å². The third-order valence-corrected chi connectivity index (χ3v) is 6.33. The number of hydrogen-bond acceptors (Lipinski definition) is 3. The van der Waals surface area contributed by atoms with E-state index in [4.69, 9.17) is 0 Å². The van der Waals surface area contributed by atoms with E-state index in [0.717, 1.165) is 52.9 Å². The van der Waals surface area contributed by atoms with Crippen LogP contribution in [0.15, 0.2) is 24.3 Å². The SMILES string of the molecule is Cc1[nH]nc(-c2cc3ccc(N(C)C(=O)CC4CCC(=O)N4)cc3[nH]2)c1CCC(C)(C)C. The Morgan fingerprint density at radius 1 is 1.25 bits per heavy atom. The van der Waals surface area contributed by atoms with Crippen LogP contribution in [0.4, 0.5) is 5.69 Å². The van der Waals surface area contributed by atoms with Crippen LogP contribution >= 0.6 is 0 Å². The normalized spacial score (nSPS) is 16.5. The molecule has 0 aliphatic carbocycles. The van der Waals surface area contributed by atoms with Gasteiger partial charge >= 0.3 is 0 Å². The van der Waals surface area contributed by atoms with Gasteiger partial charge in [0.15, 0.2) is 0 Å². The lowest BCUT2D eigenvalue weighted by molar-refractivity contribution is -0.119. The van der Waals surface area contributed by atoms with Crippen molar-refractivity contribution >= 4 is 28.4 Å². The molecule has 1 fully saturated rings. The Labute approximate surface area is 189 Å². The molecular formula is C25H33N5O2. The highest BCUT2D eigenvalue weighted by molar-refractivity contribution is 5.97. The maximum absolute atomic E-state index is 12.7. The van der Waals surface area contributed by atoms with Crippen LogP contribution in [0, 0.1) is 12.3 Å². The Hall–Kier alpha value is -3.09. The Balaban J connectivity index is 1.55. The average molecular weight is 436 g/mol. The number of benzene rings is 1. The van der Waals surface area contributed by atoms with Crippen molar-refractivity contribution in [1.29, 1.82) is 0 Å². The maximum Gasteiger partial charge on any atom is 0.228 e. The van der Waals surface area contributed by atoms with Gasteiger partial charge in [0, 0.05) is 53.8 Å². The van der Waals surface area contributed by atoms with Gasteiger partial charge in [0.25, 0.3) is 0 Å². The van der Waals surface area contributed by atoms with E-state index in [1.165, 1.54) is 5.56 Å². The third-order valence-electron chi connectivity index (χ3n) is 6.33. The number of amides is 2. The van der Waals surface area contributed by atoms with Gasteiger partial charge < -0.3 is 15.2 Å². The number of nitrogens with one attached hydrogen (secondary N) is 3. The molecule has 7 heteroatoms. The first-order valence-corrected chi connectivity index (χ1v) is 11.3. The molecule has 1 aromatic carbocycles. The molecule has 3 aromatic rings. The molecule has 4 rings (SSSR count). The number of aromatic nitrogens is 3. The summed E-state index contributed by atoms with van der Waals surface area (Å²) in [6.07, 6.45) is 3.59. The molecule has 3 heterocycles. The molecular weight excluding hydrogens is 402 g/mol. The van der Waals surface area contributed by atoms with Crippen molar-refractivity contribution in [2.24, 2.45) is 5.41 Å². The number of anilines is 1. The van der Waals surface area contributed by atoms with Crippen LogP contribution in [-0.2, 0) is 16.0 Å². The predicted molar refractivity (Wildman–Crippen MR) is 128 cm³/mol. The standard InChI is InChI=1S/C25H33N5O2/c1-15-19(10-11-25(2,3)4)24(29-28-15)21-12-16-6-8-18(14-20(16)27-21)30(5)23(32)13-17-7-9-22(31)26-17/h6,8,12,14,17,27H,7,9-11,13H2,1-5H3,(H,26,31)(H,28,29). The zero-order valence-corrected chi connectivity index (χ0v) is 19.6. The van der Waals surface area contributed by atoms with Gasteiger partial charge in [0.2, 0.25) is 11.8 Å². The Bertz CT molecular complexity index is 1150. The average Bonchev–Trinajstić information content (AvgIpc) is 3.42. The second-order valence-electron chi connectivity index (χ2n) is 10.2. The van der Waals surface area contributed by atoms with Crippen molar-refractivity contribution in [3.05, 3.63) is 35.5 Å². The molecule has 1 aliphatic rings. The molecule has 170 valence electrons. The fourth-order valence-corrected chi connectivity index (χ4v) is 4.25. The monoisotopic (exact) mass is 435 g/mol. The van der Waals surface area contributed by atoms with Crippen LogP contribution in [0.1, 0.15) is 57.7 Å². The number of carbonyl (C=O) groups is 2. The first kappa shape index (κ1) is 22.1. The van der Waals surface area contributed by atoms with Crippen molar-refractivity contribution in [2.75, 3.05) is 11.9 Å². The molecule has 2 amide bonds. The topological polar surface area (TPSA) is 93.9 Å². The molecule has 0 radical (unpaired) electrons. The zero-order chi connectivity index (χ0) is 23.0. The minimum atomic E-state index is -0.0623. The number of nitrogens with zero attached hydrogens (tertiary/aromatic N) is 2. The van der Waals surface area contributed by atoms with Crippen LogP contribution < -0.4 is 10.2 Å². The summed E-state index contributed by atoms with van der Waals surface area (Å²) in [7, 11) is 1.78. The molecule has 1 saturated heterocycles. The van der Waals surface area contributed by atoms with E-state index in [0.29, 0.717) is 12.8 Å². The van der Waals surface area contributed by atoms with E-state index >= 15 is 0 Å². The summed E-state index contributed by atoms with van der Waals surface area (Å²) in [4.78, 5) is 29.3. The van der Waals surface area contributed by atoms with Crippen molar-refractivity contribution in [1.82, 2.24) is 20.5 Å². The summed E-state index contributed by atoms with van der Waals surface area (Å²) < 4.78 is 0. The molecule has 1 aliphatic heterocycles. The molecule has 1 unspecified atom stereocenters. The Morgan fingerprint density at radius 2 is 2.03 bits per heavy atom. The first-order valence-electron chi connectivity index (χ1n) is 11.3. The highest BCUT2D eigenvalue weighted by Gasteiger charge is 2.25. The number of carbonyl (C=O) groups excluding carboxylic acids is 2.